The Morgan fingerprint density at radius 3 is 2.52 bits per heavy atom. The molecule has 0 N–H and O–H groups in total. The smallest absolute Gasteiger partial charge is 0.145 e. The van der Waals surface area contributed by atoms with Crippen LogP contribution in [0.5, 0.6) is 5.75 Å². The first kappa shape index (κ1) is 14.1. The van der Waals surface area contributed by atoms with Gasteiger partial charge in [-0.3, -0.25) is 4.40 Å². The van der Waals surface area contributed by atoms with Gasteiger partial charge in [-0.25, -0.2) is 4.98 Å². The molecular weight excluding hydrogens is 308 g/mol. The van der Waals surface area contributed by atoms with Crippen molar-refractivity contribution in [3.63, 3.8) is 0 Å². The summed E-state index contributed by atoms with van der Waals surface area (Å²) >= 11 is 0. The van der Waals surface area contributed by atoms with Gasteiger partial charge in [0.2, 0.25) is 0 Å². The molecular formula is C22H16N2O. The highest BCUT2D eigenvalue weighted by atomic mass is 16.5. The fourth-order valence-corrected chi connectivity index (χ4v) is 3.54. The number of rotatable bonds is 2. The van der Waals surface area contributed by atoms with Crippen LogP contribution in [0.25, 0.3) is 38.4 Å². The van der Waals surface area contributed by atoms with Crippen LogP contribution in [0.4, 0.5) is 0 Å². The summed E-state index contributed by atoms with van der Waals surface area (Å²) in [4.78, 5) is 4.56. The van der Waals surface area contributed by atoms with Crippen LogP contribution in [-0.4, -0.2) is 16.5 Å². The third kappa shape index (κ3) is 2.09. The number of ether oxygens (including phenoxy) is 1. The Kier molecular flexibility index (Phi) is 3.01. The van der Waals surface area contributed by atoms with E-state index in [1.165, 1.54) is 21.9 Å². The van der Waals surface area contributed by atoms with E-state index in [0.29, 0.717) is 0 Å². The molecule has 0 aliphatic rings. The zero-order valence-corrected chi connectivity index (χ0v) is 13.8. The first-order valence-corrected chi connectivity index (χ1v) is 8.27. The third-order valence-corrected chi connectivity index (χ3v) is 4.76. The summed E-state index contributed by atoms with van der Waals surface area (Å²) in [5.41, 5.74) is 4.54. The predicted molar refractivity (Wildman–Crippen MR) is 102 cm³/mol. The summed E-state index contributed by atoms with van der Waals surface area (Å²) in [7, 11) is 1.69. The Balaban J connectivity index is 1.92. The number of pyridine rings is 1. The van der Waals surface area contributed by atoms with Gasteiger partial charge in [0.1, 0.15) is 11.4 Å². The van der Waals surface area contributed by atoms with Gasteiger partial charge in [0.25, 0.3) is 0 Å². The predicted octanol–water partition coefficient (Wildman–Crippen LogP) is 5.32. The fraction of sp³-hybridized carbons (Fsp3) is 0.0455. The summed E-state index contributed by atoms with van der Waals surface area (Å²) in [6.45, 7) is 0. The van der Waals surface area contributed by atoms with E-state index in [2.05, 4.69) is 64.0 Å². The normalized spacial score (nSPS) is 11.4. The monoisotopic (exact) mass is 324 g/mol. The van der Waals surface area contributed by atoms with Crippen LogP contribution in [-0.2, 0) is 0 Å². The molecule has 0 amide bonds. The minimum Gasteiger partial charge on any atom is -0.497 e. The Labute approximate surface area is 145 Å². The summed E-state index contributed by atoms with van der Waals surface area (Å²) < 4.78 is 7.56. The highest BCUT2D eigenvalue weighted by molar-refractivity contribution is 6.12. The molecule has 0 spiro atoms. The van der Waals surface area contributed by atoms with Crippen LogP contribution in [0.1, 0.15) is 0 Å². The molecule has 2 heterocycles. The molecule has 3 aromatic carbocycles. The molecule has 0 saturated carbocycles. The average molecular weight is 324 g/mol. The second kappa shape index (κ2) is 5.35. The maximum Gasteiger partial charge on any atom is 0.145 e. The molecule has 0 atom stereocenters. The number of imidazole rings is 1. The molecule has 0 bridgehead atoms. The number of aromatic nitrogens is 2. The second-order valence-corrected chi connectivity index (χ2v) is 6.13. The van der Waals surface area contributed by atoms with Crippen LogP contribution in [0.3, 0.4) is 0 Å². The summed E-state index contributed by atoms with van der Waals surface area (Å²) in [6, 6.07) is 23.3. The van der Waals surface area contributed by atoms with Gasteiger partial charge >= 0.3 is 0 Å². The van der Waals surface area contributed by atoms with Gasteiger partial charge < -0.3 is 4.74 Å². The van der Waals surface area contributed by atoms with E-state index in [1.807, 2.05) is 24.5 Å². The van der Waals surface area contributed by atoms with Crippen molar-refractivity contribution in [2.45, 2.75) is 0 Å². The Hall–Kier alpha value is -3.33. The molecule has 25 heavy (non-hydrogen) atoms. The van der Waals surface area contributed by atoms with Crippen molar-refractivity contribution < 1.29 is 4.74 Å². The molecule has 0 unspecified atom stereocenters. The number of methoxy groups -OCH3 is 1. The highest BCUT2D eigenvalue weighted by Crippen LogP contribution is 2.33. The number of hydrogen-bond acceptors (Lipinski definition) is 2. The lowest BCUT2D eigenvalue weighted by Crippen LogP contribution is -1.92. The Morgan fingerprint density at radius 2 is 1.68 bits per heavy atom. The van der Waals surface area contributed by atoms with Crippen LogP contribution in [0, 0.1) is 0 Å². The topological polar surface area (TPSA) is 26.5 Å². The third-order valence-electron chi connectivity index (χ3n) is 4.76. The van der Waals surface area contributed by atoms with E-state index in [4.69, 9.17) is 4.74 Å². The molecule has 5 aromatic rings. The molecule has 3 heteroatoms. The summed E-state index contributed by atoms with van der Waals surface area (Å²) in [5.74, 6) is 0.843. The lowest BCUT2D eigenvalue weighted by Gasteiger charge is -2.11. The SMILES string of the molecule is COc1ccc2c3cc(-c4ccccc4)ccc3n3ccnc3c2c1. The first-order valence-electron chi connectivity index (χ1n) is 8.27. The van der Waals surface area contributed by atoms with Crippen molar-refractivity contribution in [1.82, 2.24) is 9.38 Å². The van der Waals surface area contributed by atoms with Crippen molar-refractivity contribution in [3.05, 3.63) is 79.1 Å². The van der Waals surface area contributed by atoms with Crippen LogP contribution in [0.2, 0.25) is 0 Å². The molecule has 5 rings (SSSR count). The number of fused-ring (bicyclic) bond motifs is 6. The maximum atomic E-state index is 5.42. The molecule has 120 valence electrons. The van der Waals surface area contributed by atoms with Crippen molar-refractivity contribution >= 4 is 27.3 Å². The van der Waals surface area contributed by atoms with Gasteiger partial charge in [-0.1, -0.05) is 36.4 Å². The first-order chi connectivity index (χ1) is 12.3. The largest absolute Gasteiger partial charge is 0.497 e. The number of nitrogens with zero attached hydrogens (tertiary/aromatic N) is 2. The molecule has 0 aliphatic heterocycles. The van der Waals surface area contributed by atoms with E-state index >= 15 is 0 Å². The van der Waals surface area contributed by atoms with E-state index in [1.54, 1.807) is 7.11 Å². The maximum absolute atomic E-state index is 5.42. The molecule has 0 aliphatic carbocycles. The summed E-state index contributed by atoms with van der Waals surface area (Å²) in [6.07, 6.45) is 3.86. The van der Waals surface area contributed by atoms with Gasteiger partial charge in [-0.2, -0.15) is 0 Å². The van der Waals surface area contributed by atoms with Crippen molar-refractivity contribution in [2.75, 3.05) is 7.11 Å². The quantitative estimate of drug-likeness (QED) is 0.411. The Morgan fingerprint density at radius 1 is 0.800 bits per heavy atom. The second-order valence-electron chi connectivity index (χ2n) is 6.13. The average Bonchev–Trinajstić information content (AvgIpc) is 3.18. The van der Waals surface area contributed by atoms with Gasteiger partial charge in [0.15, 0.2) is 0 Å². The van der Waals surface area contributed by atoms with Crippen molar-refractivity contribution in [1.29, 1.82) is 0 Å². The Bertz CT molecular complexity index is 1220. The van der Waals surface area contributed by atoms with Gasteiger partial charge in [0.05, 0.1) is 12.6 Å². The van der Waals surface area contributed by atoms with Crippen LogP contribution >= 0.6 is 0 Å². The lowest BCUT2D eigenvalue weighted by molar-refractivity contribution is 0.415. The standard InChI is InChI=1S/C22H16N2O/c1-25-17-8-9-18-19-13-16(15-5-3-2-4-6-15)7-10-21(19)24-12-11-23-22(24)20(18)14-17/h2-14H,1H3. The van der Waals surface area contributed by atoms with E-state index in [0.717, 1.165) is 22.3 Å². The number of hydrogen-bond donors (Lipinski definition) is 0. The highest BCUT2D eigenvalue weighted by Gasteiger charge is 2.11. The molecule has 3 nitrogen and oxygen atoms in total. The molecule has 2 aromatic heterocycles. The van der Waals surface area contributed by atoms with Crippen molar-refractivity contribution in [2.24, 2.45) is 0 Å². The molecule has 0 fully saturated rings. The lowest BCUT2D eigenvalue weighted by atomic mass is 10.00. The van der Waals surface area contributed by atoms with Gasteiger partial charge in [-0.05, 0) is 46.8 Å². The molecule has 0 radical (unpaired) electrons. The van der Waals surface area contributed by atoms with Gasteiger partial charge in [0, 0.05) is 23.2 Å². The van der Waals surface area contributed by atoms with Gasteiger partial charge in [-0.15, -0.1) is 0 Å². The summed E-state index contributed by atoms with van der Waals surface area (Å²) in [5, 5.41) is 3.50. The van der Waals surface area contributed by atoms with E-state index in [-0.39, 0.29) is 0 Å². The van der Waals surface area contributed by atoms with E-state index < -0.39 is 0 Å². The van der Waals surface area contributed by atoms with Crippen LogP contribution < -0.4 is 4.74 Å². The van der Waals surface area contributed by atoms with Crippen LogP contribution in [0.15, 0.2) is 79.1 Å². The zero-order valence-electron chi connectivity index (χ0n) is 13.8. The minimum absolute atomic E-state index is 0.843. The van der Waals surface area contributed by atoms with E-state index in [9.17, 15) is 0 Å². The molecule has 0 saturated heterocycles. The minimum atomic E-state index is 0.843. The zero-order chi connectivity index (χ0) is 16.8. The van der Waals surface area contributed by atoms with Crippen molar-refractivity contribution in [3.8, 4) is 16.9 Å². The number of benzene rings is 3. The fourth-order valence-electron chi connectivity index (χ4n) is 3.54.